The Kier molecular flexibility index (Phi) is 2.95. The fraction of sp³-hybridized carbons (Fsp3) is 0.667. The fourth-order valence-electron chi connectivity index (χ4n) is 4.96. The van der Waals surface area contributed by atoms with Crippen molar-refractivity contribution in [2.45, 2.75) is 32.1 Å². The second-order valence-electron chi connectivity index (χ2n) is 6.67. The maximum Gasteiger partial charge on any atom is 0.229 e. The summed E-state index contributed by atoms with van der Waals surface area (Å²) < 4.78 is 0. The molecule has 0 radical (unpaired) electrons. The SMILES string of the molecule is O=C(Nc1cc(Cl)ncn1)C1C2CC3CC(C2)CC1C3. The minimum Gasteiger partial charge on any atom is -0.310 e. The quantitative estimate of drug-likeness (QED) is 0.852. The van der Waals surface area contributed by atoms with Crippen molar-refractivity contribution in [3.05, 3.63) is 17.5 Å². The number of hydrogen-bond acceptors (Lipinski definition) is 3. The summed E-state index contributed by atoms with van der Waals surface area (Å²) in [5, 5.41) is 3.30. The fourth-order valence-corrected chi connectivity index (χ4v) is 5.11. The van der Waals surface area contributed by atoms with Gasteiger partial charge in [-0.1, -0.05) is 11.6 Å². The number of hydrogen-bond donors (Lipinski definition) is 1. The third-order valence-electron chi connectivity index (χ3n) is 5.41. The molecule has 4 aliphatic carbocycles. The molecule has 1 N–H and O–H groups in total. The molecule has 1 aromatic heterocycles. The van der Waals surface area contributed by atoms with E-state index in [4.69, 9.17) is 11.6 Å². The Morgan fingerprint density at radius 1 is 1.10 bits per heavy atom. The van der Waals surface area contributed by atoms with Gasteiger partial charge in [-0.2, -0.15) is 0 Å². The smallest absolute Gasteiger partial charge is 0.229 e. The lowest BCUT2D eigenvalue weighted by Gasteiger charge is -2.53. The molecule has 106 valence electrons. The Bertz CT molecular complexity index is 520. The molecule has 4 fully saturated rings. The zero-order valence-electron chi connectivity index (χ0n) is 11.3. The number of nitrogens with zero attached hydrogens (tertiary/aromatic N) is 2. The van der Waals surface area contributed by atoms with Gasteiger partial charge in [0.1, 0.15) is 17.3 Å². The number of halogens is 1. The normalized spacial score (nSPS) is 38.0. The van der Waals surface area contributed by atoms with Crippen molar-refractivity contribution in [1.82, 2.24) is 9.97 Å². The summed E-state index contributed by atoms with van der Waals surface area (Å²) in [6.45, 7) is 0. The zero-order valence-corrected chi connectivity index (χ0v) is 12.0. The minimum atomic E-state index is 0.133. The first-order valence-electron chi connectivity index (χ1n) is 7.47. The van der Waals surface area contributed by atoms with Gasteiger partial charge < -0.3 is 5.32 Å². The molecule has 0 aromatic carbocycles. The lowest BCUT2D eigenvalue weighted by atomic mass is 9.51. The van der Waals surface area contributed by atoms with Gasteiger partial charge in [0.25, 0.3) is 0 Å². The van der Waals surface area contributed by atoms with Crippen LogP contribution < -0.4 is 5.32 Å². The van der Waals surface area contributed by atoms with E-state index < -0.39 is 0 Å². The highest BCUT2D eigenvalue weighted by molar-refractivity contribution is 6.29. The first-order valence-corrected chi connectivity index (χ1v) is 7.85. The van der Waals surface area contributed by atoms with Crippen LogP contribution in [0.5, 0.6) is 0 Å². The van der Waals surface area contributed by atoms with E-state index >= 15 is 0 Å². The van der Waals surface area contributed by atoms with E-state index in [0.717, 1.165) is 11.8 Å². The molecular formula is C15H18ClN3O. The average Bonchev–Trinajstić information content (AvgIpc) is 2.37. The second kappa shape index (κ2) is 4.69. The van der Waals surface area contributed by atoms with Gasteiger partial charge in [0.15, 0.2) is 0 Å². The second-order valence-corrected chi connectivity index (χ2v) is 7.06. The predicted octanol–water partition coefficient (Wildman–Crippen LogP) is 3.14. The van der Waals surface area contributed by atoms with Crippen LogP contribution in [-0.2, 0) is 4.79 Å². The summed E-state index contributed by atoms with van der Waals surface area (Å²) in [6.07, 6.45) is 7.77. The van der Waals surface area contributed by atoms with Crippen molar-refractivity contribution in [3.63, 3.8) is 0 Å². The number of aromatic nitrogens is 2. The Morgan fingerprint density at radius 3 is 2.35 bits per heavy atom. The Morgan fingerprint density at radius 2 is 1.75 bits per heavy atom. The van der Waals surface area contributed by atoms with Crippen molar-refractivity contribution in [1.29, 1.82) is 0 Å². The molecule has 4 nitrogen and oxygen atoms in total. The van der Waals surface area contributed by atoms with Crippen LogP contribution in [0, 0.1) is 29.6 Å². The molecule has 1 amide bonds. The number of rotatable bonds is 2. The monoisotopic (exact) mass is 291 g/mol. The van der Waals surface area contributed by atoms with E-state index in [1.165, 1.54) is 38.4 Å². The van der Waals surface area contributed by atoms with Gasteiger partial charge in [0.2, 0.25) is 5.91 Å². The lowest BCUT2D eigenvalue weighted by molar-refractivity contribution is -0.132. The lowest BCUT2D eigenvalue weighted by Crippen LogP contribution is -2.49. The van der Waals surface area contributed by atoms with Crippen LogP contribution >= 0.6 is 11.6 Å². The molecule has 0 unspecified atom stereocenters. The summed E-state index contributed by atoms with van der Waals surface area (Å²) >= 11 is 5.83. The van der Waals surface area contributed by atoms with Crippen LogP contribution in [0.4, 0.5) is 5.82 Å². The van der Waals surface area contributed by atoms with Gasteiger partial charge in [0, 0.05) is 12.0 Å². The van der Waals surface area contributed by atoms with Gasteiger partial charge in [0.05, 0.1) is 0 Å². The average molecular weight is 292 g/mol. The highest BCUT2D eigenvalue weighted by Crippen LogP contribution is 2.56. The maximum atomic E-state index is 12.6. The van der Waals surface area contributed by atoms with Gasteiger partial charge in [-0.15, -0.1) is 0 Å². The van der Waals surface area contributed by atoms with E-state index in [2.05, 4.69) is 15.3 Å². The number of anilines is 1. The molecule has 1 aromatic rings. The Balaban J connectivity index is 1.51. The first-order chi connectivity index (χ1) is 9.69. The summed E-state index contributed by atoms with van der Waals surface area (Å²) in [7, 11) is 0. The van der Waals surface area contributed by atoms with Gasteiger partial charge >= 0.3 is 0 Å². The van der Waals surface area contributed by atoms with Crippen molar-refractivity contribution < 1.29 is 4.79 Å². The van der Waals surface area contributed by atoms with Crippen molar-refractivity contribution in [2.75, 3.05) is 5.32 Å². The van der Waals surface area contributed by atoms with Gasteiger partial charge in [-0.05, 0) is 55.8 Å². The molecule has 0 spiro atoms. The number of nitrogens with one attached hydrogen (secondary N) is 1. The molecule has 5 rings (SSSR count). The molecule has 5 heteroatoms. The third kappa shape index (κ3) is 2.10. The molecule has 0 saturated heterocycles. The summed E-state index contributed by atoms with van der Waals surface area (Å²) in [5.41, 5.74) is 0. The minimum absolute atomic E-state index is 0.133. The van der Waals surface area contributed by atoms with Gasteiger partial charge in [-0.25, -0.2) is 9.97 Å². The van der Waals surface area contributed by atoms with Crippen molar-refractivity contribution in [3.8, 4) is 0 Å². The third-order valence-corrected chi connectivity index (χ3v) is 5.62. The first kappa shape index (κ1) is 12.6. The molecule has 4 saturated carbocycles. The highest BCUT2D eigenvalue weighted by Gasteiger charge is 2.50. The van der Waals surface area contributed by atoms with Crippen LogP contribution in [-0.4, -0.2) is 15.9 Å². The summed E-state index contributed by atoms with van der Waals surface area (Å²) in [4.78, 5) is 20.5. The number of amides is 1. The topological polar surface area (TPSA) is 54.9 Å². The van der Waals surface area contributed by atoms with Crippen LogP contribution in [0.25, 0.3) is 0 Å². The van der Waals surface area contributed by atoms with E-state index in [-0.39, 0.29) is 11.8 Å². The van der Waals surface area contributed by atoms with E-state index in [1.54, 1.807) is 6.07 Å². The molecule has 4 aliphatic rings. The van der Waals surface area contributed by atoms with Crippen LogP contribution in [0.15, 0.2) is 12.4 Å². The van der Waals surface area contributed by atoms with E-state index in [1.807, 2.05) is 0 Å². The molecule has 20 heavy (non-hydrogen) atoms. The van der Waals surface area contributed by atoms with Crippen molar-refractivity contribution >= 4 is 23.3 Å². The molecule has 0 aliphatic heterocycles. The van der Waals surface area contributed by atoms with Crippen LogP contribution in [0.1, 0.15) is 32.1 Å². The standard InChI is InChI=1S/C15H18ClN3O/c16-12-6-13(18-7-17-12)19-15(20)14-10-2-8-1-9(4-10)5-11(14)3-8/h6-11,14H,1-5H2,(H,17,18,19,20). The predicted molar refractivity (Wildman–Crippen MR) is 76.2 cm³/mol. The molecule has 0 atom stereocenters. The largest absolute Gasteiger partial charge is 0.310 e. The van der Waals surface area contributed by atoms with Crippen LogP contribution in [0.2, 0.25) is 5.15 Å². The van der Waals surface area contributed by atoms with Crippen LogP contribution in [0.3, 0.4) is 0 Å². The number of carbonyl (C=O) groups is 1. The number of carbonyl (C=O) groups excluding carboxylic acids is 1. The Labute approximate surface area is 123 Å². The maximum absolute atomic E-state index is 12.6. The summed E-state index contributed by atoms with van der Waals surface area (Å²) in [5.74, 6) is 3.77. The highest BCUT2D eigenvalue weighted by atomic mass is 35.5. The van der Waals surface area contributed by atoms with E-state index in [9.17, 15) is 4.79 Å². The molecule has 4 bridgehead atoms. The molecular weight excluding hydrogens is 274 g/mol. The summed E-state index contributed by atoms with van der Waals surface area (Å²) in [6, 6.07) is 1.61. The zero-order chi connectivity index (χ0) is 13.7. The van der Waals surface area contributed by atoms with E-state index in [0.29, 0.717) is 22.8 Å². The van der Waals surface area contributed by atoms with Gasteiger partial charge in [-0.3, -0.25) is 4.79 Å². The molecule has 1 heterocycles. The van der Waals surface area contributed by atoms with Crippen molar-refractivity contribution in [2.24, 2.45) is 29.6 Å². The Hall–Kier alpha value is -1.16.